The molecule has 2 N–H and O–H groups in total. The second kappa shape index (κ2) is 7.27. The van der Waals surface area contributed by atoms with Crippen LogP contribution in [0.5, 0.6) is 0 Å². The Morgan fingerprint density at radius 3 is 2.58 bits per heavy atom. The minimum absolute atomic E-state index is 0.626. The van der Waals surface area contributed by atoms with Crippen LogP contribution in [0.4, 0.5) is 5.69 Å². The zero-order valence-electron chi connectivity index (χ0n) is 13.8. The van der Waals surface area contributed by atoms with Gasteiger partial charge in [-0.05, 0) is 55.4 Å². The Morgan fingerprint density at radius 2 is 1.92 bits per heavy atom. The number of anilines is 1. The lowest BCUT2D eigenvalue weighted by molar-refractivity contribution is 0.923. The van der Waals surface area contributed by atoms with E-state index in [4.69, 9.17) is 12.2 Å². The Morgan fingerprint density at radius 1 is 1.12 bits per heavy atom. The molecule has 3 aromatic rings. The average molecular weight is 336 g/mol. The molecular weight excluding hydrogens is 316 g/mol. The Kier molecular flexibility index (Phi) is 4.91. The Bertz CT molecular complexity index is 823. The third-order valence-electron chi connectivity index (χ3n) is 3.82. The first-order chi connectivity index (χ1) is 11.6. The normalized spacial score (nSPS) is 10.4. The van der Waals surface area contributed by atoms with Gasteiger partial charge in [-0.25, -0.2) is 4.98 Å². The Hall–Kier alpha value is -2.66. The molecule has 0 unspecified atom stereocenters. The van der Waals surface area contributed by atoms with E-state index < -0.39 is 0 Å². The number of nitrogens with zero attached hydrogens (tertiary/aromatic N) is 2. The fraction of sp³-hybridized carbons (Fsp3) is 0.158. The summed E-state index contributed by atoms with van der Waals surface area (Å²) < 4.78 is 1.98. The molecule has 1 heterocycles. The lowest BCUT2D eigenvalue weighted by Crippen LogP contribution is -2.28. The molecule has 0 bridgehead atoms. The van der Waals surface area contributed by atoms with E-state index in [1.807, 2.05) is 10.8 Å². The van der Waals surface area contributed by atoms with E-state index in [0.717, 1.165) is 11.4 Å². The van der Waals surface area contributed by atoms with E-state index in [-0.39, 0.29) is 0 Å². The third kappa shape index (κ3) is 4.00. The number of aryl methyl sites for hydroxylation is 2. The number of thiocarbonyl (C=S) groups is 1. The van der Waals surface area contributed by atoms with Gasteiger partial charge in [0.2, 0.25) is 0 Å². The molecule has 122 valence electrons. The molecule has 4 nitrogen and oxygen atoms in total. The number of nitrogens with one attached hydrogen (secondary N) is 2. The fourth-order valence-corrected chi connectivity index (χ4v) is 2.68. The maximum atomic E-state index is 5.38. The lowest BCUT2D eigenvalue weighted by Gasteiger charge is -2.13. The molecule has 2 aromatic carbocycles. The van der Waals surface area contributed by atoms with Crippen LogP contribution in [0.25, 0.3) is 5.69 Å². The van der Waals surface area contributed by atoms with Crippen LogP contribution < -0.4 is 10.6 Å². The molecule has 0 aliphatic heterocycles. The fourth-order valence-electron chi connectivity index (χ4n) is 2.50. The van der Waals surface area contributed by atoms with Crippen LogP contribution in [0.1, 0.15) is 16.7 Å². The molecule has 3 rings (SSSR count). The van der Waals surface area contributed by atoms with Crippen LogP contribution in [-0.2, 0) is 6.54 Å². The highest BCUT2D eigenvalue weighted by Crippen LogP contribution is 2.16. The molecule has 0 saturated carbocycles. The SMILES string of the molecule is Cc1ccc(NC(=S)NCc2ccc(-n3ccnc3)cc2)c(C)c1. The van der Waals surface area contributed by atoms with Gasteiger partial charge in [0.1, 0.15) is 0 Å². The molecule has 0 aliphatic rings. The van der Waals surface area contributed by atoms with Crippen LogP contribution >= 0.6 is 12.2 Å². The standard InChI is InChI=1S/C19H20N4S/c1-14-3-8-18(15(2)11-14)22-19(24)21-12-16-4-6-17(7-5-16)23-10-9-20-13-23/h3-11,13H,12H2,1-2H3,(H2,21,22,24). The van der Waals surface area contributed by atoms with Crippen molar-refractivity contribution in [1.29, 1.82) is 0 Å². The number of aromatic nitrogens is 2. The number of rotatable bonds is 4. The summed E-state index contributed by atoms with van der Waals surface area (Å²) in [7, 11) is 0. The van der Waals surface area contributed by atoms with Crippen LogP contribution in [-0.4, -0.2) is 14.7 Å². The predicted octanol–water partition coefficient (Wildman–Crippen LogP) is 3.98. The van der Waals surface area contributed by atoms with Crippen LogP contribution in [0.2, 0.25) is 0 Å². The Labute approximate surface area is 147 Å². The third-order valence-corrected chi connectivity index (χ3v) is 4.07. The first-order valence-electron chi connectivity index (χ1n) is 7.81. The molecule has 0 saturated heterocycles. The minimum Gasteiger partial charge on any atom is -0.358 e. The molecule has 0 spiro atoms. The summed E-state index contributed by atoms with van der Waals surface area (Å²) in [6, 6.07) is 14.6. The first kappa shape index (κ1) is 16.2. The number of hydrogen-bond acceptors (Lipinski definition) is 2. The predicted molar refractivity (Wildman–Crippen MR) is 103 cm³/mol. The highest BCUT2D eigenvalue weighted by Gasteiger charge is 2.02. The molecule has 0 aliphatic carbocycles. The zero-order chi connectivity index (χ0) is 16.9. The number of imidazole rings is 1. The van der Waals surface area contributed by atoms with Crippen molar-refractivity contribution in [3.8, 4) is 5.69 Å². The first-order valence-corrected chi connectivity index (χ1v) is 8.22. The van der Waals surface area contributed by atoms with Crippen molar-refractivity contribution in [2.24, 2.45) is 0 Å². The van der Waals surface area contributed by atoms with Crippen molar-refractivity contribution in [3.05, 3.63) is 77.9 Å². The second-order valence-corrected chi connectivity index (χ2v) is 6.17. The smallest absolute Gasteiger partial charge is 0.171 e. The van der Waals surface area contributed by atoms with E-state index in [2.05, 4.69) is 71.9 Å². The van der Waals surface area contributed by atoms with E-state index in [1.165, 1.54) is 16.7 Å². The van der Waals surface area contributed by atoms with Crippen molar-refractivity contribution in [1.82, 2.24) is 14.9 Å². The van der Waals surface area contributed by atoms with Crippen LogP contribution in [0.3, 0.4) is 0 Å². The number of benzene rings is 2. The van der Waals surface area contributed by atoms with E-state index in [9.17, 15) is 0 Å². The van der Waals surface area contributed by atoms with Crippen molar-refractivity contribution < 1.29 is 0 Å². The van der Waals surface area contributed by atoms with Crippen molar-refractivity contribution in [2.75, 3.05) is 5.32 Å². The lowest BCUT2D eigenvalue weighted by atomic mass is 10.1. The van der Waals surface area contributed by atoms with Gasteiger partial charge in [-0.1, -0.05) is 29.8 Å². The molecular formula is C19H20N4S. The maximum Gasteiger partial charge on any atom is 0.171 e. The largest absolute Gasteiger partial charge is 0.358 e. The van der Waals surface area contributed by atoms with E-state index in [1.54, 1.807) is 12.5 Å². The van der Waals surface area contributed by atoms with Gasteiger partial charge in [0.25, 0.3) is 0 Å². The highest BCUT2D eigenvalue weighted by atomic mass is 32.1. The maximum absolute atomic E-state index is 5.38. The Balaban J connectivity index is 1.56. The van der Waals surface area contributed by atoms with Gasteiger partial charge in [0.15, 0.2) is 5.11 Å². The van der Waals surface area contributed by atoms with E-state index in [0.29, 0.717) is 11.7 Å². The molecule has 0 radical (unpaired) electrons. The molecule has 0 amide bonds. The van der Waals surface area contributed by atoms with Gasteiger partial charge < -0.3 is 15.2 Å². The quantitative estimate of drug-likeness (QED) is 0.707. The molecule has 0 fully saturated rings. The highest BCUT2D eigenvalue weighted by molar-refractivity contribution is 7.80. The zero-order valence-corrected chi connectivity index (χ0v) is 14.6. The van der Waals surface area contributed by atoms with Crippen LogP contribution in [0, 0.1) is 13.8 Å². The number of hydrogen-bond donors (Lipinski definition) is 2. The average Bonchev–Trinajstić information content (AvgIpc) is 3.11. The van der Waals surface area contributed by atoms with E-state index >= 15 is 0 Å². The summed E-state index contributed by atoms with van der Waals surface area (Å²) in [5, 5.41) is 7.12. The molecule has 1 aromatic heterocycles. The monoisotopic (exact) mass is 336 g/mol. The van der Waals surface area contributed by atoms with Crippen LogP contribution in [0.15, 0.2) is 61.2 Å². The van der Waals surface area contributed by atoms with Crippen molar-refractivity contribution in [2.45, 2.75) is 20.4 Å². The van der Waals surface area contributed by atoms with Gasteiger partial charge in [-0.3, -0.25) is 0 Å². The van der Waals surface area contributed by atoms with Gasteiger partial charge >= 0.3 is 0 Å². The topological polar surface area (TPSA) is 41.9 Å². The van der Waals surface area contributed by atoms with Gasteiger partial charge in [-0.2, -0.15) is 0 Å². The summed E-state index contributed by atoms with van der Waals surface area (Å²) in [6.45, 7) is 4.84. The van der Waals surface area contributed by atoms with Gasteiger partial charge in [-0.15, -0.1) is 0 Å². The molecule has 0 atom stereocenters. The summed E-state index contributed by atoms with van der Waals surface area (Å²) in [4.78, 5) is 4.06. The van der Waals surface area contributed by atoms with Gasteiger partial charge in [0.05, 0.1) is 6.33 Å². The molecule has 24 heavy (non-hydrogen) atoms. The van der Waals surface area contributed by atoms with Gasteiger partial charge in [0, 0.05) is 30.3 Å². The summed E-state index contributed by atoms with van der Waals surface area (Å²) in [6.07, 6.45) is 5.49. The summed E-state index contributed by atoms with van der Waals surface area (Å²) >= 11 is 5.38. The molecule has 5 heteroatoms. The summed E-state index contributed by atoms with van der Waals surface area (Å²) in [5.41, 5.74) is 5.73. The minimum atomic E-state index is 0.626. The van der Waals surface area contributed by atoms with Crippen molar-refractivity contribution in [3.63, 3.8) is 0 Å². The van der Waals surface area contributed by atoms with Crippen molar-refractivity contribution >= 4 is 23.0 Å². The second-order valence-electron chi connectivity index (χ2n) is 5.76. The summed E-state index contributed by atoms with van der Waals surface area (Å²) in [5.74, 6) is 0.